The molecule has 4 aromatic rings. The number of carbonyl (C=O) groups is 1. The third kappa shape index (κ3) is 5.08. The fourth-order valence-corrected chi connectivity index (χ4v) is 5.21. The molecule has 4 nitrogen and oxygen atoms in total. The van der Waals surface area contributed by atoms with Gasteiger partial charge in [-0.25, -0.2) is 0 Å². The van der Waals surface area contributed by atoms with Crippen molar-refractivity contribution in [3.05, 3.63) is 81.8 Å². The fraction of sp³-hybridized carbons (Fsp3) is 0.0952. The third-order valence-corrected chi connectivity index (χ3v) is 6.86. The number of nitrogens with one attached hydrogen (secondary N) is 1. The summed E-state index contributed by atoms with van der Waals surface area (Å²) in [5, 5.41) is 15.0. The lowest BCUT2D eigenvalue weighted by molar-refractivity contribution is -0.115. The van der Waals surface area contributed by atoms with Gasteiger partial charge < -0.3 is 5.32 Å². The highest BCUT2D eigenvalue weighted by atomic mass is 35.5. The molecule has 29 heavy (non-hydrogen) atoms. The Kier molecular flexibility index (Phi) is 6.35. The van der Waals surface area contributed by atoms with Crippen molar-refractivity contribution in [1.82, 2.24) is 10.2 Å². The van der Waals surface area contributed by atoms with Crippen LogP contribution in [0.1, 0.15) is 11.1 Å². The number of benzene rings is 3. The van der Waals surface area contributed by atoms with Gasteiger partial charge in [-0.05, 0) is 34.0 Å². The highest BCUT2D eigenvalue weighted by Crippen LogP contribution is 2.31. The van der Waals surface area contributed by atoms with Crippen LogP contribution in [0.4, 0.5) is 5.13 Å². The lowest BCUT2D eigenvalue weighted by atomic mass is 10.0. The molecule has 0 aliphatic carbocycles. The number of fused-ring (bicyclic) bond motifs is 1. The normalized spacial score (nSPS) is 11.0. The summed E-state index contributed by atoms with van der Waals surface area (Å²) in [7, 11) is 0. The SMILES string of the molecule is O=C(Cc1cccc2ccccc12)Nc1nnc(SCc2ccc(Cl)cc2Cl)s1. The molecule has 0 fully saturated rings. The molecule has 0 radical (unpaired) electrons. The van der Waals surface area contributed by atoms with Gasteiger partial charge in [0.15, 0.2) is 4.34 Å². The average Bonchev–Trinajstić information content (AvgIpc) is 3.15. The van der Waals surface area contributed by atoms with Crippen LogP contribution in [-0.4, -0.2) is 16.1 Å². The monoisotopic (exact) mass is 459 g/mol. The Hall–Kier alpha value is -2.12. The summed E-state index contributed by atoms with van der Waals surface area (Å²) in [6.45, 7) is 0. The highest BCUT2D eigenvalue weighted by molar-refractivity contribution is 8.00. The predicted octanol–water partition coefficient (Wildman–Crippen LogP) is 6.47. The molecule has 1 aromatic heterocycles. The van der Waals surface area contributed by atoms with Crippen molar-refractivity contribution < 1.29 is 4.79 Å². The van der Waals surface area contributed by atoms with E-state index in [1.165, 1.54) is 23.1 Å². The molecule has 0 saturated carbocycles. The first-order valence-electron chi connectivity index (χ1n) is 8.75. The van der Waals surface area contributed by atoms with Crippen LogP contribution in [0.2, 0.25) is 10.0 Å². The summed E-state index contributed by atoms with van der Waals surface area (Å²) < 4.78 is 0.761. The number of hydrogen-bond donors (Lipinski definition) is 1. The Balaban J connectivity index is 1.37. The van der Waals surface area contributed by atoms with Gasteiger partial charge in [-0.1, -0.05) is 94.8 Å². The maximum atomic E-state index is 12.5. The largest absolute Gasteiger partial charge is 0.300 e. The minimum absolute atomic E-state index is 0.116. The summed E-state index contributed by atoms with van der Waals surface area (Å²) in [6, 6.07) is 19.4. The first-order valence-corrected chi connectivity index (χ1v) is 11.3. The first-order chi connectivity index (χ1) is 14.1. The van der Waals surface area contributed by atoms with Crippen molar-refractivity contribution >= 4 is 68.1 Å². The molecule has 0 unspecified atom stereocenters. The Morgan fingerprint density at radius 2 is 1.83 bits per heavy atom. The van der Waals surface area contributed by atoms with Gasteiger partial charge in [0.05, 0.1) is 6.42 Å². The standard InChI is InChI=1S/C21H15Cl2N3OS2/c22-16-9-8-15(18(23)11-16)12-28-21-26-25-20(29-21)24-19(27)10-14-6-3-5-13-4-1-2-7-17(13)14/h1-9,11H,10,12H2,(H,24,25,27). The minimum Gasteiger partial charge on any atom is -0.300 e. The highest BCUT2D eigenvalue weighted by Gasteiger charge is 2.12. The maximum absolute atomic E-state index is 12.5. The Bertz CT molecular complexity index is 1170. The smallest absolute Gasteiger partial charge is 0.230 e. The van der Waals surface area contributed by atoms with E-state index in [1.807, 2.05) is 54.6 Å². The summed E-state index contributed by atoms with van der Waals surface area (Å²) in [4.78, 5) is 12.5. The van der Waals surface area contributed by atoms with Gasteiger partial charge in [0, 0.05) is 15.8 Å². The summed E-state index contributed by atoms with van der Waals surface area (Å²) in [5.74, 6) is 0.531. The quantitative estimate of drug-likeness (QED) is 0.265. The third-order valence-electron chi connectivity index (χ3n) is 4.25. The van der Waals surface area contributed by atoms with Gasteiger partial charge in [-0.15, -0.1) is 10.2 Å². The van der Waals surface area contributed by atoms with Crippen molar-refractivity contribution in [2.24, 2.45) is 0 Å². The van der Waals surface area contributed by atoms with Crippen LogP contribution in [0, 0.1) is 0 Å². The molecule has 0 spiro atoms. The second kappa shape index (κ2) is 9.13. The lowest BCUT2D eigenvalue weighted by Gasteiger charge is -2.06. The number of amides is 1. The molecule has 0 atom stereocenters. The number of halogens is 2. The molecular weight excluding hydrogens is 445 g/mol. The Labute approximate surface area is 186 Å². The van der Waals surface area contributed by atoms with Crippen molar-refractivity contribution in [1.29, 1.82) is 0 Å². The zero-order valence-corrected chi connectivity index (χ0v) is 18.2. The van der Waals surface area contributed by atoms with E-state index in [-0.39, 0.29) is 12.3 Å². The molecule has 1 amide bonds. The second-order valence-electron chi connectivity index (χ2n) is 6.26. The lowest BCUT2D eigenvalue weighted by Crippen LogP contribution is -2.14. The summed E-state index contributed by atoms with van der Waals surface area (Å²) >= 11 is 15.0. The molecule has 0 aliphatic heterocycles. The molecular formula is C21H15Cl2N3OS2. The summed E-state index contributed by atoms with van der Waals surface area (Å²) in [6.07, 6.45) is 0.282. The van der Waals surface area contributed by atoms with Crippen LogP contribution in [0.3, 0.4) is 0 Å². The number of nitrogens with zero attached hydrogens (tertiary/aromatic N) is 2. The van der Waals surface area contributed by atoms with Gasteiger partial charge in [-0.2, -0.15) is 0 Å². The van der Waals surface area contributed by atoms with Crippen molar-refractivity contribution in [2.75, 3.05) is 5.32 Å². The van der Waals surface area contributed by atoms with E-state index >= 15 is 0 Å². The molecule has 146 valence electrons. The van der Waals surface area contributed by atoms with Crippen LogP contribution in [0.5, 0.6) is 0 Å². The van der Waals surface area contributed by atoms with Gasteiger partial charge in [0.2, 0.25) is 11.0 Å². The van der Waals surface area contributed by atoms with E-state index < -0.39 is 0 Å². The van der Waals surface area contributed by atoms with E-state index in [0.717, 1.165) is 26.2 Å². The number of anilines is 1. The molecule has 1 heterocycles. The van der Waals surface area contributed by atoms with Gasteiger partial charge in [-0.3, -0.25) is 4.79 Å². The molecule has 1 N–H and O–H groups in total. The molecule has 0 bridgehead atoms. The molecule has 3 aromatic carbocycles. The van der Waals surface area contributed by atoms with E-state index in [4.69, 9.17) is 23.2 Å². The molecule has 4 rings (SSSR count). The Morgan fingerprint density at radius 3 is 2.69 bits per heavy atom. The van der Waals surface area contributed by atoms with E-state index in [9.17, 15) is 4.79 Å². The van der Waals surface area contributed by atoms with Crippen LogP contribution < -0.4 is 5.32 Å². The molecule has 8 heteroatoms. The minimum atomic E-state index is -0.116. The van der Waals surface area contributed by atoms with Crippen molar-refractivity contribution in [3.63, 3.8) is 0 Å². The van der Waals surface area contributed by atoms with Crippen LogP contribution in [0.15, 0.2) is 65.0 Å². The zero-order valence-electron chi connectivity index (χ0n) is 15.1. The van der Waals surface area contributed by atoms with Gasteiger partial charge in [0.25, 0.3) is 0 Å². The topological polar surface area (TPSA) is 54.9 Å². The van der Waals surface area contributed by atoms with Crippen molar-refractivity contribution in [3.8, 4) is 0 Å². The van der Waals surface area contributed by atoms with Gasteiger partial charge in [0.1, 0.15) is 0 Å². The second-order valence-corrected chi connectivity index (χ2v) is 9.30. The predicted molar refractivity (Wildman–Crippen MR) is 122 cm³/mol. The fourth-order valence-electron chi connectivity index (χ4n) is 2.88. The van der Waals surface area contributed by atoms with E-state index in [0.29, 0.717) is 20.9 Å². The number of rotatable bonds is 6. The van der Waals surface area contributed by atoms with Gasteiger partial charge >= 0.3 is 0 Å². The Morgan fingerprint density at radius 1 is 1.00 bits per heavy atom. The number of aromatic nitrogens is 2. The van der Waals surface area contributed by atoms with E-state index in [1.54, 1.807) is 6.07 Å². The van der Waals surface area contributed by atoms with Crippen LogP contribution in [0.25, 0.3) is 10.8 Å². The number of thioether (sulfide) groups is 1. The van der Waals surface area contributed by atoms with Crippen molar-refractivity contribution in [2.45, 2.75) is 16.5 Å². The maximum Gasteiger partial charge on any atom is 0.230 e. The molecule has 0 saturated heterocycles. The van der Waals surface area contributed by atoms with E-state index in [2.05, 4.69) is 15.5 Å². The molecule has 0 aliphatic rings. The first kappa shape index (κ1) is 20.2. The zero-order chi connectivity index (χ0) is 20.2. The van der Waals surface area contributed by atoms with Crippen LogP contribution in [-0.2, 0) is 17.0 Å². The number of hydrogen-bond acceptors (Lipinski definition) is 5. The summed E-state index contributed by atoms with van der Waals surface area (Å²) in [5.41, 5.74) is 1.95. The average molecular weight is 460 g/mol. The van der Waals surface area contributed by atoms with Crippen LogP contribution >= 0.6 is 46.3 Å². The number of carbonyl (C=O) groups excluding carboxylic acids is 1.